The maximum absolute atomic E-state index is 12.2. The molecule has 2 unspecified atom stereocenters. The lowest BCUT2D eigenvalue weighted by Gasteiger charge is -2.18. The number of amides is 2. The van der Waals surface area contributed by atoms with Gasteiger partial charge in [0.1, 0.15) is 0 Å². The monoisotopic (exact) mass is 394 g/mol. The molecule has 138 valence electrons. The van der Waals surface area contributed by atoms with Crippen LogP contribution in [-0.4, -0.2) is 45.2 Å². The molecule has 0 spiro atoms. The number of urea groups is 1. The van der Waals surface area contributed by atoms with E-state index in [2.05, 4.69) is 10.6 Å². The molecule has 2 amide bonds. The third-order valence-electron chi connectivity index (χ3n) is 4.20. The highest BCUT2D eigenvalue weighted by Crippen LogP contribution is 2.25. The Bertz CT molecular complexity index is 917. The van der Waals surface area contributed by atoms with Gasteiger partial charge < -0.3 is 15.4 Å². The van der Waals surface area contributed by atoms with Crippen molar-refractivity contribution in [2.75, 3.05) is 23.9 Å². The van der Waals surface area contributed by atoms with Crippen molar-refractivity contribution in [2.24, 2.45) is 0 Å². The zero-order valence-corrected chi connectivity index (χ0v) is 15.7. The average molecular weight is 395 g/mol. The first kappa shape index (κ1) is 18.7. The molecule has 6 nitrogen and oxygen atoms in total. The lowest BCUT2D eigenvalue weighted by Crippen LogP contribution is -2.45. The zero-order chi connectivity index (χ0) is 18.7. The number of hydrogen-bond acceptors (Lipinski definition) is 4. The van der Waals surface area contributed by atoms with Crippen LogP contribution >= 0.6 is 11.6 Å². The number of methoxy groups -OCH3 is 1. The van der Waals surface area contributed by atoms with Gasteiger partial charge in [0.15, 0.2) is 9.84 Å². The van der Waals surface area contributed by atoms with Gasteiger partial charge in [-0.3, -0.25) is 0 Å². The normalized spacial score (nSPS) is 21.3. The summed E-state index contributed by atoms with van der Waals surface area (Å²) in [4.78, 5) is 12.2. The summed E-state index contributed by atoms with van der Waals surface area (Å²) in [5, 5.41) is 6.04. The molecule has 2 aromatic carbocycles. The van der Waals surface area contributed by atoms with E-state index in [9.17, 15) is 13.2 Å². The number of halogens is 1. The topological polar surface area (TPSA) is 84.5 Å². The minimum absolute atomic E-state index is 0.0846. The van der Waals surface area contributed by atoms with Crippen molar-refractivity contribution >= 4 is 33.2 Å². The fourth-order valence-electron chi connectivity index (χ4n) is 2.96. The summed E-state index contributed by atoms with van der Waals surface area (Å²) in [6, 6.07) is 13.7. The van der Waals surface area contributed by atoms with Crippen LogP contribution < -0.4 is 10.6 Å². The second-order valence-corrected chi connectivity index (χ2v) is 8.74. The van der Waals surface area contributed by atoms with Crippen LogP contribution in [0, 0.1) is 0 Å². The molecule has 0 saturated carbocycles. The van der Waals surface area contributed by atoms with Gasteiger partial charge >= 0.3 is 6.03 Å². The highest BCUT2D eigenvalue weighted by Gasteiger charge is 2.38. The molecule has 1 heterocycles. The molecule has 2 atom stereocenters. The Morgan fingerprint density at radius 2 is 1.81 bits per heavy atom. The molecule has 2 N–H and O–H groups in total. The van der Waals surface area contributed by atoms with E-state index in [0.717, 1.165) is 11.1 Å². The molecule has 1 saturated heterocycles. The molecular formula is C18H19ClN2O4S. The smallest absolute Gasteiger partial charge is 0.319 e. The Kier molecular flexibility index (Phi) is 5.50. The highest BCUT2D eigenvalue weighted by molar-refractivity contribution is 7.91. The van der Waals surface area contributed by atoms with Crippen LogP contribution in [0.15, 0.2) is 48.5 Å². The number of anilines is 1. The van der Waals surface area contributed by atoms with Crippen LogP contribution in [0.4, 0.5) is 10.5 Å². The minimum Gasteiger partial charge on any atom is -0.378 e. The molecule has 1 aliphatic rings. The quantitative estimate of drug-likeness (QED) is 0.835. The van der Waals surface area contributed by atoms with E-state index in [1.807, 2.05) is 36.4 Å². The van der Waals surface area contributed by atoms with Gasteiger partial charge in [-0.15, -0.1) is 0 Å². The Hall–Kier alpha value is -2.09. The molecular weight excluding hydrogens is 376 g/mol. The summed E-state index contributed by atoms with van der Waals surface area (Å²) in [5.41, 5.74) is 2.43. The number of carbonyl (C=O) groups is 1. The summed E-state index contributed by atoms with van der Waals surface area (Å²) in [6.07, 6.45) is -0.538. The maximum atomic E-state index is 12.2. The lowest BCUT2D eigenvalue weighted by molar-refractivity contribution is 0.102. The van der Waals surface area contributed by atoms with Crippen molar-refractivity contribution < 1.29 is 17.9 Å². The molecule has 2 aromatic rings. The second kappa shape index (κ2) is 7.65. The molecule has 8 heteroatoms. The molecule has 0 aliphatic carbocycles. The standard InChI is InChI=1S/C18H19ClN2O4S/c1-25-17-11-26(23,24)10-16(17)21-18(22)20-15-7-3-5-13(9-15)12-4-2-6-14(19)8-12/h2-9,16-17H,10-11H2,1H3,(H2,20,21,22). The van der Waals surface area contributed by atoms with Gasteiger partial charge in [0, 0.05) is 17.8 Å². The van der Waals surface area contributed by atoms with E-state index in [1.165, 1.54) is 7.11 Å². The van der Waals surface area contributed by atoms with E-state index in [0.29, 0.717) is 10.7 Å². The van der Waals surface area contributed by atoms with Crippen LogP contribution in [0.1, 0.15) is 0 Å². The predicted molar refractivity (Wildman–Crippen MR) is 102 cm³/mol. The zero-order valence-electron chi connectivity index (χ0n) is 14.1. The van der Waals surface area contributed by atoms with Gasteiger partial charge in [0.2, 0.25) is 0 Å². The van der Waals surface area contributed by atoms with Crippen molar-refractivity contribution in [2.45, 2.75) is 12.1 Å². The van der Waals surface area contributed by atoms with Gasteiger partial charge in [-0.25, -0.2) is 13.2 Å². The van der Waals surface area contributed by atoms with E-state index in [1.54, 1.807) is 12.1 Å². The number of benzene rings is 2. The first-order valence-electron chi connectivity index (χ1n) is 8.03. The van der Waals surface area contributed by atoms with E-state index >= 15 is 0 Å². The van der Waals surface area contributed by atoms with E-state index < -0.39 is 28.0 Å². The Morgan fingerprint density at radius 1 is 1.12 bits per heavy atom. The van der Waals surface area contributed by atoms with Crippen LogP contribution in [0.2, 0.25) is 5.02 Å². The predicted octanol–water partition coefficient (Wildman–Crippen LogP) is 2.94. The Labute approximate surface area is 157 Å². The highest BCUT2D eigenvalue weighted by atomic mass is 35.5. The average Bonchev–Trinajstić information content (AvgIpc) is 2.88. The third kappa shape index (κ3) is 4.55. The summed E-state index contributed by atoms with van der Waals surface area (Å²) < 4.78 is 28.6. The molecule has 1 fully saturated rings. The van der Waals surface area contributed by atoms with Crippen LogP contribution in [-0.2, 0) is 14.6 Å². The van der Waals surface area contributed by atoms with Gasteiger partial charge in [-0.2, -0.15) is 0 Å². The molecule has 26 heavy (non-hydrogen) atoms. The minimum atomic E-state index is -3.20. The number of nitrogens with one attached hydrogen (secondary N) is 2. The summed E-state index contributed by atoms with van der Waals surface area (Å²) >= 11 is 6.02. The summed E-state index contributed by atoms with van der Waals surface area (Å²) in [7, 11) is -1.76. The van der Waals surface area contributed by atoms with Crippen molar-refractivity contribution in [3.05, 3.63) is 53.6 Å². The maximum Gasteiger partial charge on any atom is 0.319 e. The van der Waals surface area contributed by atoms with Gasteiger partial charge in [-0.05, 0) is 35.4 Å². The molecule has 1 aliphatic heterocycles. The number of carbonyl (C=O) groups excluding carboxylic acids is 1. The number of rotatable bonds is 4. The van der Waals surface area contributed by atoms with E-state index in [-0.39, 0.29) is 11.5 Å². The largest absolute Gasteiger partial charge is 0.378 e. The van der Waals surface area contributed by atoms with Crippen molar-refractivity contribution in [1.29, 1.82) is 0 Å². The number of sulfone groups is 1. The SMILES string of the molecule is COC1CS(=O)(=O)CC1NC(=O)Nc1cccc(-c2cccc(Cl)c2)c1. The van der Waals surface area contributed by atoms with Gasteiger partial charge in [0.25, 0.3) is 0 Å². The Morgan fingerprint density at radius 3 is 2.50 bits per heavy atom. The van der Waals surface area contributed by atoms with Crippen LogP contribution in [0.5, 0.6) is 0 Å². The van der Waals surface area contributed by atoms with E-state index in [4.69, 9.17) is 16.3 Å². The Balaban J connectivity index is 1.69. The lowest BCUT2D eigenvalue weighted by atomic mass is 10.1. The van der Waals surface area contributed by atoms with Crippen LogP contribution in [0.3, 0.4) is 0 Å². The van der Waals surface area contributed by atoms with Gasteiger partial charge in [-0.1, -0.05) is 35.9 Å². The third-order valence-corrected chi connectivity index (χ3v) is 6.14. The number of ether oxygens (including phenoxy) is 1. The van der Waals surface area contributed by atoms with Crippen molar-refractivity contribution in [1.82, 2.24) is 5.32 Å². The molecule has 0 aromatic heterocycles. The van der Waals surface area contributed by atoms with Crippen molar-refractivity contribution in [3.63, 3.8) is 0 Å². The molecule has 0 bridgehead atoms. The second-order valence-electron chi connectivity index (χ2n) is 6.15. The van der Waals surface area contributed by atoms with Crippen LogP contribution in [0.25, 0.3) is 11.1 Å². The number of hydrogen-bond donors (Lipinski definition) is 2. The first-order chi connectivity index (χ1) is 12.4. The molecule has 0 radical (unpaired) electrons. The fourth-order valence-corrected chi connectivity index (χ4v) is 5.00. The first-order valence-corrected chi connectivity index (χ1v) is 10.2. The summed E-state index contributed by atoms with van der Waals surface area (Å²) in [6.45, 7) is 0. The van der Waals surface area contributed by atoms with Gasteiger partial charge in [0.05, 0.1) is 23.7 Å². The van der Waals surface area contributed by atoms with Crippen molar-refractivity contribution in [3.8, 4) is 11.1 Å². The molecule has 3 rings (SSSR count). The summed E-state index contributed by atoms with van der Waals surface area (Å²) in [5.74, 6) is -0.208. The fraction of sp³-hybridized carbons (Fsp3) is 0.278.